The Kier molecular flexibility index (Phi) is 3.31. The van der Waals surface area contributed by atoms with Crippen molar-refractivity contribution in [2.45, 2.75) is 6.92 Å². The first-order chi connectivity index (χ1) is 5.74. The van der Waals surface area contributed by atoms with E-state index in [4.69, 9.17) is 21.4 Å². The average molecular weight is 188 g/mol. The van der Waals surface area contributed by atoms with Crippen molar-refractivity contribution in [2.75, 3.05) is 13.2 Å². The first kappa shape index (κ1) is 9.29. The van der Waals surface area contributed by atoms with Gasteiger partial charge in [0.25, 0.3) is 0 Å². The van der Waals surface area contributed by atoms with Gasteiger partial charge < -0.3 is 9.84 Å². The van der Waals surface area contributed by atoms with Gasteiger partial charge >= 0.3 is 0 Å². The van der Waals surface area contributed by atoms with E-state index in [1.54, 1.807) is 12.3 Å². The molecule has 1 aromatic heterocycles. The van der Waals surface area contributed by atoms with Crippen molar-refractivity contribution >= 4 is 11.6 Å². The molecule has 1 heterocycles. The van der Waals surface area contributed by atoms with E-state index in [1.807, 2.05) is 6.92 Å². The lowest BCUT2D eigenvalue weighted by Gasteiger charge is -2.06. The van der Waals surface area contributed by atoms with Crippen molar-refractivity contribution in [2.24, 2.45) is 0 Å². The number of hydrogen-bond acceptors (Lipinski definition) is 3. The SMILES string of the molecule is Cc1cnc(Cl)cc1OCCO. The summed E-state index contributed by atoms with van der Waals surface area (Å²) in [5.41, 5.74) is 0.910. The molecule has 0 bridgehead atoms. The molecule has 0 aliphatic heterocycles. The summed E-state index contributed by atoms with van der Waals surface area (Å²) in [6, 6.07) is 1.63. The maximum Gasteiger partial charge on any atom is 0.132 e. The van der Waals surface area contributed by atoms with Crippen LogP contribution in [0.2, 0.25) is 5.15 Å². The Morgan fingerprint density at radius 3 is 3.08 bits per heavy atom. The van der Waals surface area contributed by atoms with Crippen LogP contribution in [0.5, 0.6) is 5.75 Å². The third-order valence-corrected chi connectivity index (χ3v) is 1.58. The van der Waals surface area contributed by atoms with Crippen molar-refractivity contribution in [1.82, 2.24) is 4.98 Å². The third-order valence-electron chi connectivity index (χ3n) is 1.37. The minimum absolute atomic E-state index is 0.000613. The van der Waals surface area contributed by atoms with Gasteiger partial charge in [0.05, 0.1) is 6.61 Å². The van der Waals surface area contributed by atoms with Gasteiger partial charge in [-0.2, -0.15) is 0 Å². The first-order valence-corrected chi connectivity index (χ1v) is 3.97. The van der Waals surface area contributed by atoms with Gasteiger partial charge in [-0.1, -0.05) is 11.6 Å². The van der Waals surface area contributed by atoms with Crippen LogP contribution >= 0.6 is 11.6 Å². The largest absolute Gasteiger partial charge is 0.491 e. The summed E-state index contributed by atoms with van der Waals surface area (Å²) in [7, 11) is 0. The zero-order chi connectivity index (χ0) is 8.97. The molecule has 0 radical (unpaired) electrons. The molecule has 66 valence electrons. The lowest BCUT2D eigenvalue weighted by Crippen LogP contribution is -2.02. The number of ether oxygens (including phenoxy) is 1. The Balaban J connectivity index is 2.75. The molecule has 1 rings (SSSR count). The summed E-state index contributed by atoms with van der Waals surface area (Å²) in [5, 5.41) is 8.91. The van der Waals surface area contributed by atoms with Crippen molar-refractivity contribution in [3.63, 3.8) is 0 Å². The second-order valence-corrected chi connectivity index (χ2v) is 2.73. The Bertz CT molecular complexity index is 265. The highest BCUT2D eigenvalue weighted by Crippen LogP contribution is 2.19. The molecule has 0 amide bonds. The Labute approximate surface area is 76.0 Å². The molecule has 0 unspecified atom stereocenters. The number of rotatable bonds is 3. The molecule has 0 saturated heterocycles. The van der Waals surface area contributed by atoms with Gasteiger partial charge in [0.2, 0.25) is 0 Å². The smallest absolute Gasteiger partial charge is 0.132 e. The molecular weight excluding hydrogens is 178 g/mol. The second kappa shape index (κ2) is 4.28. The monoisotopic (exact) mass is 187 g/mol. The van der Waals surface area contributed by atoms with Crippen molar-refractivity contribution in [3.05, 3.63) is 23.0 Å². The van der Waals surface area contributed by atoms with Crippen molar-refractivity contribution in [1.29, 1.82) is 0 Å². The molecule has 1 N–H and O–H groups in total. The zero-order valence-corrected chi connectivity index (χ0v) is 7.51. The van der Waals surface area contributed by atoms with Gasteiger partial charge in [0.15, 0.2) is 0 Å². The van der Waals surface area contributed by atoms with E-state index in [0.717, 1.165) is 5.56 Å². The van der Waals surface area contributed by atoms with E-state index in [-0.39, 0.29) is 13.2 Å². The minimum atomic E-state index is -0.000613. The summed E-state index contributed by atoms with van der Waals surface area (Å²) < 4.78 is 5.19. The molecule has 0 atom stereocenters. The molecule has 0 saturated carbocycles. The molecule has 0 fully saturated rings. The molecule has 0 aliphatic carbocycles. The van der Waals surface area contributed by atoms with Crippen molar-refractivity contribution in [3.8, 4) is 5.75 Å². The Hall–Kier alpha value is -0.800. The maximum absolute atomic E-state index is 8.51. The summed E-state index contributed by atoms with van der Waals surface area (Å²) in [6.45, 7) is 2.15. The van der Waals surface area contributed by atoms with E-state index in [0.29, 0.717) is 10.9 Å². The number of aromatic nitrogens is 1. The molecule has 0 aromatic carbocycles. The maximum atomic E-state index is 8.51. The predicted octanol–water partition coefficient (Wildman–Crippen LogP) is 1.41. The van der Waals surface area contributed by atoms with Crippen LogP contribution in [0.25, 0.3) is 0 Å². The van der Waals surface area contributed by atoms with Gasteiger partial charge in [0, 0.05) is 17.8 Å². The van der Waals surface area contributed by atoms with Crippen LogP contribution in [0.3, 0.4) is 0 Å². The predicted molar refractivity (Wildman–Crippen MR) is 46.6 cm³/mol. The fourth-order valence-electron chi connectivity index (χ4n) is 0.792. The van der Waals surface area contributed by atoms with Crippen LogP contribution in [0.1, 0.15) is 5.56 Å². The van der Waals surface area contributed by atoms with Crippen molar-refractivity contribution < 1.29 is 9.84 Å². The Morgan fingerprint density at radius 2 is 2.42 bits per heavy atom. The number of halogens is 1. The zero-order valence-electron chi connectivity index (χ0n) is 6.75. The Morgan fingerprint density at radius 1 is 1.67 bits per heavy atom. The number of nitrogens with zero attached hydrogens (tertiary/aromatic N) is 1. The fraction of sp³-hybridized carbons (Fsp3) is 0.375. The van der Waals surface area contributed by atoms with E-state index in [2.05, 4.69) is 4.98 Å². The highest BCUT2D eigenvalue weighted by molar-refractivity contribution is 6.29. The van der Waals surface area contributed by atoms with E-state index < -0.39 is 0 Å². The molecule has 12 heavy (non-hydrogen) atoms. The molecule has 0 aliphatic rings. The quantitative estimate of drug-likeness (QED) is 0.728. The third kappa shape index (κ3) is 2.36. The summed E-state index contributed by atoms with van der Waals surface area (Å²) in [5.74, 6) is 0.670. The molecule has 0 spiro atoms. The number of aryl methyl sites for hydroxylation is 1. The molecule has 3 nitrogen and oxygen atoms in total. The minimum Gasteiger partial charge on any atom is -0.491 e. The summed E-state index contributed by atoms with van der Waals surface area (Å²) in [4.78, 5) is 3.87. The van der Waals surface area contributed by atoms with Gasteiger partial charge in [-0.25, -0.2) is 4.98 Å². The lowest BCUT2D eigenvalue weighted by molar-refractivity contribution is 0.200. The van der Waals surface area contributed by atoms with Crippen LogP contribution in [0, 0.1) is 6.92 Å². The topological polar surface area (TPSA) is 42.4 Å². The second-order valence-electron chi connectivity index (χ2n) is 2.34. The van der Waals surface area contributed by atoms with E-state index >= 15 is 0 Å². The standard InChI is InChI=1S/C8H10ClNO2/c1-6-5-10-8(9)4-7(6)12-3-2-11/h4-5,11H,2-3H2,1H3. The van der Waals surface area contributed by atoms with Crippen LogP contribution in [0.4, 0.5) is 0 Å². The number of pyridine rings is 1. The fourth-order valence-corrected chi connectivity index (χ4v) is 0.940. The van der Waals surface area contributed by atoms with Crippen LogP contribution < -0.4 is 4.74 Å². The highest BCUT2D eigenvalue weighted by atomic mass is 35.5. The van der Waals surface area contributed by atoms with Gasteiger partial charge in [0.1, 0.15) is 17.5 Å². The van der Waals surface area contributed by atoms with Gasteiger partial charge in [-0.05, 0) is 6.92 Å². The summed E-state index contributed by atoms with van der Waals surface area (Å²) >= 11 is 5.64. The average Bonchev–Trinajstić information content (AvgIpc) is 2.07. The van der Waals surface area contributed by atoms with Crippen LogP contribution in [-0.2, 0) is 0 Å². The first-order valence-electron chi connectivity index (χ1n) is 3.60. The van der Waals surface area contributed by atoms with Gasteiger partial charge in [-0.15, -0.1) is 0 Å². The molecular formula is C8H10ClNO2. The van der Waals surface area contributed by atoms with E-state index in [1.165, 1.54) is 0 Å². The molecule has 1 aromatic rings. The van der Waals surface area contributed by atoms with E-state index in [9.17, 15) is 0 Å². The molecule has 4 heteroatoms. The lowest BCUT2D eigenvalue weighted by atomic mass is 10.3. The van der Waals surface area contributed by atoms with Crippen LogP contribution in [0.15, 0.2) is 12.3 Å². The number of aliphatic hydroxyl groups excluding tert-OH is 1. The normalized spacial score (nSPS) is 9.92. The van der Waals surface area contributed by atoms with Crippen LogP contribution in [-0.4, -0.2) is 23.3 Å². The van der Waals surface area contributed by atoms with Gasteiger partial charge in [-0.3, -0.25) is 0 Å². The number of hydrogen-bond donors (Lipinski definition) is 1. The number of aliphatic hydroxyl groups is 1. The highest BCUT2D eigenvalue weighted by Gasteiger charge is 2.00. The summed E-state index contributed by atoms with van der Waals surface area (Å²) in [6.07, 6.45) is 1.63.